The molecule has 2 aromatic rings. The predicted octanol–water partition coefficient (Wildman–Crippen LogP) is 1.57. The van der Waals surface area contributed by atoms with Crippen LogP contribution in [0.2, 0.25) is 0 Å². The molecule has 94 valence electrons. The van der Waals surface area contributed by atoms with E-state index in [2.05, 4.69) is 28.0 Å². The first-order chi connectivity index (χ1) is 8.79. The molecule has 18 heavy (non-hydrogen) atoms. The van der Waals surface area contributed by atoms with Crippen molar-refractivity contribution in [2.75, 3.05) is 7.05 Å². The van der Waals surface area contributed by atoms with Crippen molar-refractivity contribution < 1.29 is 0 Å². The fourth-order valence-electron chi connectivity index (χ4n) is 1.91. The van der Waals surface area contributed by atoms with Gasteiger partial charge in [0.2, 0.25) is 0 Å². The third-order valence-corrected chi connectivity index (χ3v) is 2.80. The molecule has 0 radical (unpaired) electrons. The van der Waals surface area contributed by atoms with Crippen LogP contribution in [0.15, 0.2) is 42.9 Å². The van der Waals surface area contributed by atoms with Crippen LogP contribution in [-0.4, -0.2) is 21.9 Å². The van der Waals surface area contributed by atoms with Gasteiger partial charge in [-0.25, -0.2) is 0 Å². The first-order valence-corrected chi connectivity index (χ1v) is 6.00. The van der Waals surface area contributed by atoms with Gasteiger partial charge in [0.25, 0.3) is 0 Å². The quantitative estimate of drug-likeness (QED) is 0.864. The van der Waals surface area contributed by atoms with Crippen LogP contribution in [0.5, 0.6) is 0 Å². The number of rotatable bonds is 5. The number of pyridine rings is 2. The fraction of sp³-hybridized carbons (Fsp3) is 0.286. The van der Waals surface area contributed by atoms with Gasteiger partial charge in [0.1, 0.15) is 0 Å². The molecule has 0 saturated carbocycles. The topological polar surface area (TPSA) is 55.0 Å². The van der Waals surface area contributed by atoms with Gasteiger partial charge in [-0.15, -0.1) is 0 Å². The van der Waals surface area contributed by atoms with Crippen molar-refractivity contribution in [3.63, 3.8) is 0 Å². The molecule has 0 aromatic carbocycles. The summed E-state index contributed by atoms with van der Waals surface area (Å²) < 4.78 is 0. The molecule has 4 nitrogen and oxygen atoms in total. The normalized spacial score (nSPS) is 10.8. The molecule has 0 saturated heterocycles. The van der Waals surface area contributed by atoms with Crippen LogP contribution < -0.4 is 5.73 Å². The molecule has 2 rings (SSSR count). The van der Waals surface area contributed by atoms with Gasteiger partial charge in [-0.05, 0) is 30.3 Å². The SMILES string of the molecule is CN(Cc1cccnc1)Cc1ncccc1CN. The molecule has 2 heterocycles. The molecule has 0 spiro atoms. The minimum absolute atomic E-state index is 0.532. The van der Waals surface area contributed by atoms with Crippen LogP contribution in [0.25, 0.3) is 0 Å². The highest BCUT2D eigenvalue weighted by Crippen LogP contribution is 2.09. The largest absolute Gasteiger partial charge is 0.326 e. The first kappa shape index (κ1) is 12.7. The molecule has 0 unspecified atom stereocenters. The molecule has 0 amide bonds. The lowest BCUT2D eigenvalue weighted by Crippen LogP contribution is -2.19. The molecule has 2 aromatic heterocycles. The average molecular weight is 242 g/mol. The maximum absolute atomic E-state index is 5.71. The summed E-state index contributed by atoms with van der Waals surface area (Å²) in [5.41, 5.74) is 9.06. The highest BCUT2D eigenvalue weighted by Gasteiger charge is 2.06. The van der Waals surface area contributed by atoms with Crippen molar-refractivity contribution in [1.82, 2.24) is 14.9 Å². The molecular weight excluding hydrogens is 224 g/mol. The Morgan fingerprint density at radius 1 is 1.17 bits per heavy atom. The molecule has 0 aliphatic carbocycles. The van der Waals surface area contributed by atoms with Gasteiger partial charge in [0.05, 0.1) is 5.69 Å². The second-order valence-corrected chi connectivity index (χ2v) is 4.35. The summed E-state index contributed by atoms with van der Waals surface area (Å²) >= 11 is 0. The predicted molar refractivity (Wildman–Crippen MR) is 71.5 cm³/mol. The van der Waals surface area contributed by atoms with E-state index in [-0.39, 0.29) is 0 Å². The Morgan fingerprint density at radius 2 is 2.00 bits per heavy atom. The van der Waals surface area contributed by atoms with Gasteiger partial charge in [-0.2, -0.15) is 0 Å². The zero-order valence-corrected chi connectivity index (χ0v) is 10.6. The lowest BCUT2D eigenvalue weighted by Gasteiger charge is -2.17. The zero-order chi connectivity index (χ0) is 12.8. The van der Waals surface area contributed by atoms with E-state index in [4.69, 9.17) is 5.73 Å². The molecule has 4 heteroatoms. The van der Waals surface area contributed by atoms with Gasteiger partial charge in [0.15, 0.2) is 0 Å². The summed E-state index contributed by atoms with van der Waals surface area (Å²) in [6.07, 6.45) is 5.49. The maximum Gasteiger partial charge on any atom is 0.0588 e. The third-order valence-electron chi connectivity index (χ3n) is 2.80. The second kappa shape index (κ2) is 6.23. The maximum atomic E-state index is 5.71. The van der Waals surface area contributed by atoms with E-state index >= 15 is 0 Å². The number of nitrogens with zero attached hydrogens (tertiary/aromatic N) is 3. The first-order valence-electron chi connectivity index (χ1n) is 6.00. The Bertz CT molecular complexity index is 484. The van der Waals surface area contributed by atoms with Gasteiger partial charge in [0, 0.05) is 38.2 Å². The van der Waals surface area contributed by atoms with Crippen molar-refractivity contribution in [1.29, 1.82) is 0 Å². The van der Waals surface area contributed by atoms with Gasteiger partial charge >= 0.3 is 0 Å². The molecule has 0 bridgehead atoms. The zero-order valence-electron chi connectivity index (χ0n) is 10.6. The van der Waals surface area contributed by atoms with Gasteiger partial charge < -0.3 is 5.73 Å². The number of nitrogens with two attached hydrogens (primary N) is 1. The van der Waals surface area contributed by atoms with Crippen molar-refractivity contribution in [3.05, 3.63) is 59.7 Å². The summed E-state index contributed by atoms with van der Waals surface area (Å²) in [4.78, 5) is 10.7. The second-order valence-electron chi connectivity index (χ2n) is 4.35. The number of hydrogen-bond acceptors (Lipinski definition) is 4. The van der Waals surface area contributed by atoms with Crippen LogP contribution in [0.1, 0.15) is 16.8 Å². The number of aromatic nitrogens is 2. The Balaban J connectivity index is 2.01. The lowest BCUT2D eigenvalue weighted by molar-refractivity contribution is 0.313. The molecule has 0 fully saturated rings. The summed E-state index contributed by atoms with van der Waals surface area (Å²) in [6.45, 7) is 2.18. The summed E-state index contributed by atoms with van der Waals surface area (Å²) in [5.74, 6) is 0. The minimum atomic E-state index is 0.532. The van der Waals surface area contributed by atoms with Crippen molar-refractivity contribution in [3.8, 4) is 0 Å². The average Bonchev–Trinajstić information content (AvgIpc) is 2.40. The Morgan fingerprint density at radius 3 is 2.72 bits per heavy atom. The molecule has 2 N–H and O–H groups in total. The van der Waals surface area contributed by atoms with Crippen LogP contribution in [0, 0.1) is 0 Å². The Hall–Kier alpha value is -1.78. The molecule has 0 aliphatic rings. The van der Waals surface area contributed by atoms with Crippen molar-refractivity contribution in [2.24, 2.45) is 5.73 Å². The Kier molecular flexibility index (Phi) is 4.39. The third kappa shape index (κ3) is 3.35. The Labute approximate surface area is 107 Å². The van der Waals surface area contributed by atoms with Crippen LogP contribution in [0.3, 0.4) is 0 Å². The van der Waals surface area contributed by atoms with Crippen molar-refractivity contribution >= 4 is 0 Å². The standard InChI is InChI=1S/C14H18N4/c1-18(10-12-4-2-6-16-9-12)11-14-13(8-15)5-3-7-17-14/h2-7,9H,8,10-11,15H2,1H3. The van der Waals surface area contributed by atoms with Crippen LogP contribution >= 0.6 is 0 Å². The van der Waals surface area contributed by atoms with Crippen LogP contribution in [0.4, 0.5) is 0 Å². The minimum Gasteiger partial charge on any atom is -0.326 e. The van der Waals surface area contributed by atoms with E-state index in [1.807, 2.05) is 30.6 Å². The summed E-state index contributed by atoms with van der Waals surface area (Å²) in [6, 6.07) is 7.98. The van der Waals surface area contributed by atoms with E-state index in [1.54, 1.807) is 6.20 Å². The molecule has 0 aliphatic heterocycles. The smallest absolute Gasteiger partial charge is 0.0588 e. The lowest BCUT2D eigenvalue weighted by atomic mass is 10.2. The van der Waals surface area contributed by atoms with E-state index < -0.39 is 0 Å². The highest BCUT2D eigenvalue weighted by molar-refractivity contribution is 5.19. The van der Waals surface area contributed by atoms with E-state index in [0.29, 0.717) is 6.54 Å². The molecular formula is C14H18N4. The summed E-state index contributed by atoms with van der Waals surface area (Å²) in [7, 11) is 2.07. The summed E-state index contributed by atoms with van der Waals surface area (Å²) in [5, 5.41) is 0. The van der Waals surface area contributed by atoms with E-state index in [1.165, 1.54) is 5.56 Å². The fourth-order valence-corrected chi connectivity index (χ4v) is 1.91. The van der Waals surface area contributed by atoms with Gasteiger partial charge in [-0.1, -0.05) is 12.1 Å². The van der Waals surface area contributed by atoms with Crippen LogP contribution in [-0.2, 0) is 19.6 Å². The van der Waals surface area contributed by atoms with Crippen molar-refractivity contribution in [2.45, 2.75) is 19.6 Å². The van der Waals surface area contributed by atoms with Gasteiger partial charge in [-0.3, -0.25) is 14.9 Å². The van der Waals surface area contributed by atoms with E-state index in [0.717, 1.165) is 24.3 Å². The molecule has 0 atom stereocenters. The number of hydrogen-bond donors (Lipinski definition) is 1. The monoisotopic (exact) mass is 242 g/mol. The highest BCUT2D eigenvalue weighted by atomic mass is 15.1. The van der Waals surface area contributed by atoms with E-state index in [9.17, 15) is 0 Å².